The summed E-state index contributed by atoms with van der Waals surface area (Å²) in [6.07, 6.45) is 5.14. The third-order valence-corrected chi connectivity index (χ3v) is 4.14. The van der Waals surface area contributed by atoms with Gasteiger partial charge in [0.05, 0.1) is 6.61 Å². The second-order valence-corrected chi connectivity index (χ2v) is 5.28. The van der Waals surface area contributed by atoms with Crippen LogP contribution in [0.15, 0.2) is 24.4 Å². The number of nitrogens with one attached hydrogen (secondary N) is 1. The number of likely N-dealkylation sites (tertiary alicyclic amines) is 1. The van der Waals surface area contributed by atoms with Crippen molar-refractivity contribution in [1.29, 1.82) is 0 Å². The van der Waals surface area contributed by atoms with E-state index in [0.29, 0.717) is 11.8 Å². The van der Waals surface area contributed by atoms with Crippen molar-refractivity contribution in [2.45, 2.75) is 25.3 Å². The zero-order valence-electron chi connectivity index (χ0n) is 11.0. The molecule has 2 heterocycles. The Hall–Kier alpha value is -1.52. The number of aromatic hydroxyl groups is 1. The molecule has 1 aliphatic rings. The van der Waals surface area contributed by atoms with Crippen LogP contribution < -0.4 is 0 Å². The molecule has 4 nitrogen and oxygen atoms in total. The monoisotopic (exact) mass is 260 g/mol. The second kappa shape index (κ2) is 5.23. The number of aliphatic hydroxyl groups is 1. The van der Waals surface area contributed by atoms with Crippen molar-refractivity contribution in [2.24, 2.45) is 0 Å². The molecule has 0 bridgehead atoms. The number of aliphatic hydroxyl groups excluding tert-OH is 1. The van der Waals surface area contributed by atoms with E-state index in [0.717, 1.165) is 42.4 Å². The Morgan fingerprint density at radius 3 is 3.11 bits per heavy atom. The van der Waals surface area contributed by atoms with Gasteiger partial charge in [-0.3, -0.25) is 4.90 Å². The Bertz CT molecular complexity index is 564. The molecular weight excluding hydrogens is 240 g/mol. The van der Waals surface area contributed by atoms with E-state index in [1.165, 1.54) is 6.42 Å². The SMILES string of the molecule is OC[C@@H]1CCCN1CCc1c[nH]c2cccc(O)c12. The molecule has 19 heavy (non-hydrogen) atoms. The molecule has 0 radical (unpaired) electrons. The molecule has 0 amide bonds. The van der Waals surface area contributed by atoms with Gasteiger partial charge < -0.3 is 15.2 Å². The molecule has 1 saturated heterocycles. The number of aromatic amines is 1. The number of phenols is 1. The molecule has 1 aromatic carbocycles. The summed E-state index contributed by atoms with van der Waals surface area (Å²) in [6, 6.07) is 5.87. The molecule has 0 saturated carbocycles. The summed E-state index contributed by atoms with van der Waals surface area (Å²) in [4.78, 5) is 5.55. The van der Waals surface area contributed by atoms with E-state index in [-0.39, 0.29) is 6.61 Å². The van der Waals surface area contributed by atoms with Crippen LogP contribution in [-0.4, -0.2) is 45.8 Å². The van der Waals surface area contributed by atoms with E-state index in [4.69, 9.17) is 0 Å². The minimum Gasteiger partial charge on any atom is -0.507 e. The van der Waals surface area contributed by atoms with Crippen molar-refractivity contribution in [2.75, 3.05) is 19.7 Å². The first-order chi connectivity index (χ1) is 9.29. The highest BCUT2D eigenvalue weighted by Gasteiger charge is 2.23. The van der Waals surface area contributed by atoms with Gasteiger partial charge >= 0.3 is 0 Å². The standard InChI is InChI=1S/C15H20N2O2/c18-10-12-3-2-7-17(12)8-6-11-9-16-13-4-1-5-14(19)15(11)13/h1,4-5,9,12,16,18-19H,2-3,6-8,10H2/t12-/m0/s1. The van der Waals surface area contributed by atoms with Crippen molar-refractivity contribution in [3.63, 3.8) is 0 Å². The number of fused-ring (bicyclic) bond motifs is 1. The average Bonchev–Trinajstić information content (AvgIpc) is 3.03. The smallest absolute Gasteiger partial charge is 0.125 e. The average molecular weight is 260 g/mol. The highest BCUT2D eigenvalue weighted by atomic mass is 16.3. The normalized spacial score (nSPS) is 20.4. The molecule has 3 N–H and O–H groups in total. The molecule has 0 spiro atoms. The van der Waals surface area contributed by atoms with Crippen molar-refractivity contribution in [3.05, 3.63) is 30.0 Å². The van der Waals surface area contributed by atoms with Gasteiger partial charge in [0.1, 0.15) is 5.75 Å². The van der Waals surface area contributed by atoms with Crippen LogP contribution >= 0.6 is 0 Å². The Kier molecular flexibility index (Phi) is 3.44. The number of phenolic OH excluding ortho intramolecular Hbond substituents is 1. The number of rotatable bonds is 4. The highest BCUT2D eigenvalue weighted by molar-refractivity contribution is 5.88. The quantitative estimate of drug-likeness (QED) is 0.786. The van der Waals surface area contributed by atoms with Crippen LogP contribution in [0.3, 0.4) is 0 Å². The van der Waals surface area contributed by atoms with E-state index in [1.807, 2.05) is 18.3 Å². The lowest BCUT2D eigenvalue weighted by atomic mass is 10.1. The van der Waals surface area contributed by atoms with E-state index in [9.17, 15) is 10.2 Å². The minimum absolute atomic E-state index is 0.249. The third kappa shape index (κ3) is 2.33. The molecule has 0 aliphatic carbocycles. The molecule has 1 atom stereocenters. The van der Waals surface area contributed by atoms with Crippen LogP contribution in [0.25, 0.3) is 10.9 Å². The summed E-state index contributed by atoms with van der Waals surface area (Å²) in [7, 11) is 0. The number of hydrogen-bond donors (Lipinski definition) is 3. The van der Waals surface area contributed by atoms with Gasteiger partial charge in [-0.1, -0.05) is 6.07 Å². The molecule has 3 rings (SSSR count). The largest absolute Gasteiger partial charge is 0.507 e. The molecular formula is C15H20N2O2. The molecule has 0 unspecified atom stereocenters. The summed E-state index contributed by atoms with van der Waals surface area (Å²) < 4.78 is 0. The van der Waals surface area contributed by atoms with Gasteiger partial charge in [-0.25, -0.2) is 0 Å². The van der Waals surface area contributed by atoms with Gasteiger partial charge in [-0.05, 0) is 43.5 Å². The van der Waals surface area contributed by atoms with Crippen molar-refractivity contribution >= 4 is 10.9 Å². The van der Waals surface area contributed by atoms with Crippen LogP contribution in [-0.2, 0) is 6.42 Å². The number of nitrogens with zero attached hydrogens (tertiary/aromatic N) is 1. The van der Waals surface area contributed by atoms with E-state index in [1.54, 1.807) is 6.07 Å². The predicted octanol–water partition coefficient (Wildman–Crippen LogP) is 1.87. The number of hydrogen-bond acceptors (Lipinski definition) is 3. The Balaban J connectivity index is 1.75. The second-order valence-electron chi connectivity index (χ2n) is 5.28. The fraction of sp³-hybridized carbons (Fsp3) is 0.467. The van der Waals surface area contributed by atoms with Crippen molar-refractivity contribution < 1.29 is 10.2 Å². The van der Waals surface area contributed by atoms with E-state index >= 15 is 0 Å². The van der Waals surface area contributed by atoms with Crippen LogP contribution in [0.2, 0.25) is 0 Å². The zero-order valence-corrected chi connectivity index (χ0v) is 11.0. The van der Waals surface area contributed by atoms with Gasteiger partial charge in [0, 0.05) is 29.7 Å². The maximum Gasteiger partial charge on any atom is 0.125 e. The zero-order chi connectivity index (χ0) is 13.2. The first-order valence-electron chi connectivity index (χ1n) is 6.92. The lowest BCUT2D eigenvalue weighted by Crippen LogP contribution is -2.33. The number of benzene rings is 1. The molecule has 4 heteroatoms. The number of H-pyrrole nitrogens is 1. The first kappa shape index (κ1) is 12.5. The maximum atomic E-state index is 9.96. The molecule has 1 aliphatic heterocycles. The highest BCUT2D eigenvalue weighted by Crippen LogP contribution is 2.28. The van der Waals surface area contributed by atoms with E-state index in [2.05, 4.69) is 9.88 Å². The lowest BCUT2D eigenvalue weighted by molar-refractivity contribution is 0.160. The van der Waals surface area contributed by atoms with Crippen LogP contribution in [0.5, 0.6) is 5.75 Å². The molecule has 1 aromatic heterocycles. The van der Waals surface area contributed by atoms with Crippen LogP contribution in [0.1, 0.15) is 18.4 Å². The summed E-state index contributed by atoms with van der Waals surface area (Å²) >= 11 is 0. The Morgan fingerprint density at radius 1 is 1.37 bits per heavy atom. The fourth-order valence-electron chi connectivity index (χ4n) is 3.09. The minimum atomic E-state index is 0.249. The molecule has 1 fully saturated rings. The topological polar surface area (TPSA) is 59.5 Å². The summed E-state index contributed by atoms with van der Waals surface area (Å²) in [5.74, 6) is 0.342. The maximum absolute atomic E-state index is 9.96. The van der Waals surface area contributed by atoms with Gasteiger partial charge in [-0.15, -0.1) is 0 Å². The first-order valence-corrected chi connectivity index (χ1v) is 6.92. The van der Waals surface area contributed by atoms with Gasteiger partial charge in [0.25, 0.3) is 0 Å². The number of aromatic nitrogens is 1. The molecule has 2 aromatic rings. The summed E-state index contributed by atoms with van der Waals surface area (Å²) in [5, 5.41) is 20.2. The third-order valence-electron chi connectivity index (χ3n) is 4.14. The van der Waals surface area contributed by atoms with Gasteiger partial charge in [0.2, 0.25) is 0 Å². The van der Waals surface area contributed by atoms with E-state index < -0.39 is 0 Å². The van der Waals surface area contributed by atoms with Crippen LogP contribution in [0, 0.1) is 0 Å². The molecule has 102 valence electrons. The van der Waals surface area contributed by atoms with Crippen molar-refractivity contribution in [3.8, 4) is 5.75 Å². The van der Waals surface area contributed by atoms with Crippen molar-refractivity contribution in [1.82, 2.24) is 9.88 Å². The lowest BCUT2D eigenvalue weighted by Gasteiger charge is -2.22. The Labute approximate surface area is 112 Å². The van der Waals surface area contributed by atoms with Gasteiger partial charge in [0.15, 0.2) is 0 Å². The summed E-state index contributed by atoms with van der Waals surface area (Å²) in [5.41, 5.74) is 2.13. The fourth-order valence-corrected chi connectivity index (χ4v) is 3.09. The Morgan fingerprint density at radius 2 is 2.26 bits per heavy atom. The predicted molar refractivity (Wildman–Crippen MR) is 75.3 cm³/mol. The van der Waals surface area contributed by atoms with Gasteiger partial charge in [-0.2, -0.15) is 0 Å². The summed E-state index contributed by atoms with van der Waals surface area (Å²) in [6.45, 7) is 2.26. The van der Waals surface area contributed by atoms with Crippen LogP contribution in [0.4, 0.5) is 0 Å².